The van der Waals surface area contributed by atoms with Gasteiger partial charge in [-0.15, -0.1) is 0 Å². The molecule has 1 atom stereocenters. The van der Waals surface area contributed by atoms with Gasteiger partial charge in [-0.3, -0.25) is 4.79 Å². The summed E-state index contributed by atoms with van der Waals surface area (Å²) in [6.07, 6.45) is 0.386. The van der Waals surface area contributed by atoms with E-state index in [1.165, 1.54) is 5.56 Å². The molecule has 1 rings (SSSR count). The van der Waals surface area contributed by atoms with Gasteiger partial charge in [0, 0.05) is 19.1 Å². The molecule has 0 aliphatic rings. The lowest BCUT2D eigenvalue weighted by Gasteiger charge is -2.10. The molecular formula is C12H19N3O. The summed E-state index contributed by atoms with van der Waals surface area (Å²) in [4.78, 5) is 11.5. The van der Waals surface area contributed by atoms with Crippen LogP contribution in [0.5, 0.6) is 0 Å². The Bertz CT molecular complexity index is 335. The van der Waals surface area contributed by atoms with Crippen LogP contribution in [-0.2, 0) is 11.2 Å². The molecule has 0 saturated carbocycles. The van der Waals surface area contributed by atoms with Crippen LogP contribution in [0, 0.1) is 6.92 Å². The van der Waals surface area contributed by atoms with E-state index < -0.39 is 0 Å². The summed E-state index contributed by atoms with van der Waals surface area (Å²) in [5.74, 6) is -0.0206. The number of carbonyl (C=O) groups is 1. The topological polar surface area (TPSA) is 81.1 Å². The molecule has 88 valence electrons. The third-order valence-corrected chi connectivity index (χ3v) is 2.35. The molecule has 4 heteroatoms. The van der Waals surface area contributed by atoms with Crippen LogP contribution in [0.15, 0.2) is 24.3 Å². The highest BCUT2D eigenvalue weighted by Gasteiger charge is 2.05. The van der Waals surface area contributed by atoms with E-state index in [1.807, 2.05) is 31.2 Å². The summed E-state index contributed by atoms with van der Waals surface area (Å²) in [5.41, 5.74) is 13.1. The number of rotatable bonds is 5. The molecule has 0 fully saturated rings. The zero-order valence-corrected chi connectivity index (χ0v) is 9.57. The van der Waals surface area contributed by atoms with E-state index in [1.54, 1.807) is 0 Å². The third-order valence-electron chi connectivity index (χ3n) is 2.35. The fraction of sp³-hybridized carbons (Fsp3) is 0.417. The molecule has 0 aliphatic heterocycles. The van der Waals surface area contributed by atoms with Crippen LogP contribution in [0.2, 0.25) is 0 Å². The average Bonchev–Trinajstić information content (AvgIpc) is 2.29. The van der Waals surface area contributed by atoms with Crippen LogP contribution in [0.1, 0.15) is 11.1 Å². The van der Waals surface area contributed by atoms with Gasteiger partial charge in [-0.1, -0.05) is 29.8 Å². The van der Waals surface area contributed by atoms with Gasteiger partial charge in [-0.05, 0) is 12.5 Å². The highest BCUT2D eigenvalue weighted by Crippen LogP contribution is 2.03. The standard InChI is InChI=1S/C12H19N3O/c1-9-2-4-10(5-3-9)6-12(16)15-8-11(14)7-13/h2-5,11H,6-8,13-14H2,1H3,(H,15,16). The van der Waals surface area contributed by atoms with Crippen LogP contribution in [0.25, 0.3) is 0 Å². The molecule has 1 aromatic carbocycles. The predicted octanol–water partition coefficient (Wildman–Crippen LogP) is -0.0603. The number of amides is 1. The molecule has 0 bridgehead atoms. The van der Waals surface area contributed by atoms with E-state index in [4.69, 9.17) is 11.5 Å². The predicted molar refractivity (Wildman–Crippen MR) is 64.9 cm³/mol. The Labute approximate surface area is 96.0 Å². The van der Waals surface area contributed by atoms with Gasteiger partial charge < -0.3 is 16.8 Å². The molecule has 5 N–H and O–H groups in total. The summed E-state index contributed by atoms with van der Waals surface area (Å²) >= 11 is 0. The molecule has 0 saturated heterocycles. The van der Waals surface area contributed by atoms with E-state index in [2.05, 4.69) is 5.32 Å². The molecule has 4 nitrogen and oxygen atoms in total. The van der Waals surface area contributed by atoms with Crippen molar-refractivity contribution >= 4 is 5.91 Å². The normalized spacial score (nSPS) is 12.2. The van der Waals surface area contributed by atoms with Crippen molar-refractivity contribution < 1.29 is 4.79 Å². The number of hydrogen-bond acceptors (Lipinski definition) is 3. The van der Waals surface area contributed by atoms with Crippen molar-refractivity contribution in [2.24, 2.45) is 11.5 Å². The van der Waals surface area contributed by atoms with Crippen molar-refractivity contribution in [2.45, 2.75) is 19.4 Å². The van der Waals surface area contributed by atoms with Gasteiger partial charge in [0.25, 0.3) is 0 Å². The Balaban J connectivity index is 2.37. The lowest BCUT2D eigenvalue weighted by atomic mass is 10.1. The molecule has 1 amide bonds. The SMILES string of the molecule is Cc1ccc(CC(=O)NCC(N)CN)cc1. The molecule has 0 heterocycles. The van der Waals surface area contributed by atoms with Gasteiger partial charge in [-0.25, -0.2) is 0 Å². The van der Waals surface area contributed by atoms with E-state index in [-0.39, 0.29) is 11.9 Å². The second kappa shape index (κ2) is 6.25. The average molecular weight is 221 g/mol. The minimum absolute atomic E-state index is 0.0206. The fourth-order valence-corrected chi connectivity index (χ4v) is 1.28. The van der Waals surface area contributed by atoms with E-state index >= 15 is 0 Å². The number of carbonyl (C=O) groups excluding carboxylic acids is 1. The second-order valence-electron chi connectivity index (χ2n) is 3.96. The van der Waals surface area contributed by atoms with Crippen LogP contribution < -0.4 is 16.8 Å². The quantitative estimate of drug-likeness (QED) is 0.651. The van der Waals surface area contributed by atoms with Crippen molar-refractivity contribution in [3.8, 4) is 0 Å². The lowest BCUT2D eigenvalue weighted by Crippen LogP contribution is -2.42. The number of aryl methyl sites for hydroxylation is 1. The third kappa shape index (κ3) is 4.42. The maximum atomic E-state index is 11.5. The Morgan fingerprint density at radius 1 is 1.38 bits per heavy atom. The Hall–Kier alpha value is -1.39. The van der Waals surface area contributed by atoms with Crippen LogP contribution in [0.3, 0.4) is 0 Å². The minimum Gasteiger partial charge on any atom is -0.354 e. The van der Waals surface area contributed by atoms with Crippen molar-refractivity contribution in [3.05, 3.63) is 35.4 Å². The zero-order valence-electron chi connectivity index (χ0n) is 9.57. The monoisotopic (exact) mass is 221 g/mol. The smallest absolute Gasteiger partial charge is 0.224 e. The van der Waals surface area contributed by atoms with E-state index in [0.717, 1.165) is 5.56 Å². The largest absolute Gasteiger partial charge is 0.354 e. The lowest BCUT2D eigenvalue weighted by molar-refractivity contribution is -0.120. The highest BCUT2D eigenvalue weighted by molar-refractivity contribution is 5.78. The van der Waals surface area contributed by atoms with Gasteiger partial charge in [0.05, 0.1) is 6.42 Å². The van der Waals surface area contributed by atoms with Gasteiger partial charge in [0.2, 0.25) is 5.91 Å². The molecule has 0 aromatic heterocycles. The summed E-state index contributed by atoms with van der Waals surface area (Å²) < 4.78 is 0. The van der Waals surface area contributed by atoms with E-state index in [9.17, 15) is 4.79 Å². The van der Waals surface area contributed by atoms with Gasteiger partial charge in [-0.2, -0.15) is 0 Å². The Kier molecular flexibility index (Phi) is 4.95. The van der Waals surface area contributed by atoms with Crippen molar-refractivity contribution in [1.29, 1.82) is 0 Å². The van der Waals surface area contributed by atoms with Crippen molar-refractivity contribution in [3.63, 3.8) is 0 Å². The first-order valence-electron chi connectivity index (χ1n) is 5.39. The van der Waals surface area contributed by atoms with Gasteiger partial charge >= 0.3 is 0 Å². The Morgan fingerprint density at radius 3 is 2.56 bits per heavy atom. The first-order valence-corrected chi connectivity index (χ1v) is 5.39. The molecule has 0 radical (unpaired) electrons. The number of nitrogens with one attached hydrogen (secondary N) is 1. The summed E-state index contributed by atoms with van der Waals surface area (Å²) in [6, 6.07) is 7.74. The van der Waals surface area contributed by atoms with Gasteiger partial charge in [0.15, 0.2) is 0 Å². The van der Waals surface area contributed by atoms with Crippen molar-refractivity contribution in [2.75, 3.05) is 13.1 Å². The van der Waals surface area contributed by atoms with Crippen LogP contribution in [-0.4, -0.2) is 25.0 Å². The number of benzene rings is 1. The number of hydrogen-bond donors (Lipinski definition) is 3. The molecule has 0 aliphatic carbocycles. The first-order chi connectivity index (χ1) is 7.61. The minimum atomic E-state index is -0.165. The summed E-state index contributed by atoms with van der Waals surface area (Å²) in [7, 11) is 0. The van der Waals surface area contributed by atoms with Gasteiger partial charge in [0.1, 0.15) is 0 Å². The molecule has 1 aromatic rings. The molecule has 1 unspecified atom stereocenters. The Morgan fingerprint density at radius 2 is 2.00 bits per heavy atom. The maximum Gasteiger partial charge on any atom is 0.224 e. The fourth-order valence-electron chi connectivity index (χ4n) is 1.28. The molecular weight excluding hydrogens is 202 g/mol. The second-order valence-corrected chi connectivity index (χ2v) is 3.96. The first kappa shape index (κ1) is 12.7. The van der Waals surface area contributed by atoms with Crippen molar-refractivity contribution in [1.82, 2.24) is 5.32 Å². The maximum absolute atomic E-state index is 11.5. The molecule has 0 spiro atoms. The van der Waals surface area contributed by atoms with Crippen LogP contribution in [0.4, 0.5) is 0 Å². The highest BCUT2D eigenvalue weighted by atomic mass is 16.1. The molecule has 16 heavy (non-hydrogen) atoms. The summed E-state index contributed by atoms with van der Waals surface area (Å²) in [5, 5.41) is 2.75. The van der Waals surface area contributed by atoms with Crippen LogP contribution >= 0.6 is 0 Å². The summed E-state index contributed by atoms with van der Waals surface area (Å²) in [6.45, 7) is 2.83. The van der Waals surface area contributed by atoms with E-state index in [0.29, 0.717) is 19.5 Å². The zero-order chi connectivity index (χ0) is 12.0. The number of nitrogens with two attached hydrogens (primary N) is 2.